The van der Waals surface area contributed by atoms with Gasteiger partial charge in [0.1, 0.15) is 5.84 Å². The molecule has 86 valence electrons. The number of nitrogens with zero attached hydrogens (tertiary/aromatic N) is 2. The Bertz CT molecular complexity index is 422. The van der Waals surface area contributed by atoms with Crippen LogP contribution in [0.2, 0.25) is 0 Å². The van der Waals surface area contributed by atoms with Gasteiger partial charge >= 0.3 is 0 Å². The number of hydrogen-bond acceptors (Lipinski definition) is 4. The van der Waals surface area contributed by atoms with Crippen molar-refractivity contribution in [2.24, 2.45) is 4.99 Å². The molecule has 16 heavy (non-hydrogen) atoms. The number of amidine groups is 1. The average Bonchev–Trinajstić information content (AvgIpc) is 2.94. The lowest BCUT2D eigenvalue weighted by Gasteiger charge is -2.15. The van der Waals surface area contributed by atoms with Crippen LogP contribution in [0.5, 0.6) is 0 Å². The quantitative estimate of drug-likeness (QED) is 0.862. The van der Waals surface area contributed by atoms with E-state index in [0.717, 1.165) is 32.7 Å². The first-order valence-electron chi connectivity index (χ1n) is 5.94. The molecule has 1 aromatic heterocycles. The summed E-state index contributed by atoms with van der Waals surface area (Å²) in [6.45, 7) is 7.42. The molecule has 1 aromatic rings. The molecule has 0 saturated carbocycles. The first-order valence-corrected chi connectivity index (χ1v) is 6.82. The minimum Gasteiger partial charge on any atom is -0.371 e. The average molecular weight is 235 g/mol. The maximum atomic E-state index is 4.46. The molecular formula is C12H17N3S. The molecule has 0 aromatic carbocycles. The van der Waals surface area contributed by atoms with Crippen LogP contribution in [-0.4, -0.2) is 30.4 Å². The summed E-state index contributed by atoms with van der Waals surface area (Å²) in [5, 5.41) is 5.67. The van der Waals surface area contributed by atoms with Crippen LogP contribution in [0.4, 0.5) is 0 Å². The van der Waals surface area contributed by atoms with Crippen LogP contribution in [0.15, 0.2) is 10.4 Å². The molecule has 0 radical (unpaired) electrons. The maximum Gasteiger partial charge on any atom is 0.111 e. The SMILES string of the molecule is CCc1scc2c1CN(CC1=NCCN1)C2. The summed E-state index contributed by atoms with van der Waals surface area (Å²) in [5.41, 5.74) is 3.13. The van der Waals surface area contributed by atoms with Crippen LogP contribution in [0, 0.1) is 0 Å². The van der Waals surface area contributed by atoms with Gasteiger partial charge in [0.25, 0.3) is 0 Å². The highest BCUT2D eigenvalue weighted by molar-refractivity contribution is 7.10. The lowest BCUT2D eigenvalue weighted by Crippen LogP contribution is -2.32. The fraction of sp³-hybridized carbons (Fsp3) is 0.583. The second-order valence-corrected chi connectivity index (χ2v) is 5.38. The first kappa shape index (κ1) is 10.3. The minimum atomic E-state index is 0.949. The molecule has 0 amide bonds. The van der Waals surface area contributed by atoms with Crippen molar-refractivity contribution in [2.75, 3.05) is 19.6 Å². The molecule has 0 bridgehead atoms. The van der Waals surface area contributed by atoms with Crippen molar-refractivity contribution in [2.45, 2.75) is 26.4 Å². The highest BCUT2D eigenvalue weighted by atomic mass is 32.1. The number of hydrogen-bond donors (Lipinski definition) is 1. The zero-order valence-electron chi connectivity index (χ0n) is 9.62. The summed E-state index contributed by atoms with van der Waals surface area (Å²) in [5.74, 6) is 1.17. The molecule has 1 N–H and O–H groups in total. The van der Waals surface area contributed by atoms with Gasteiger partial charge in [-0.25, -0.2) is 0 Å². The Kier molecular flexibility index (Phi) is 2.69. The number of fused-ring (bicyclic) bond motifs is 1. The Morgan fingerprint density at radius 3 is 3.19 bits per heavy atom. The molecule has 3 heterocycles. The zero-order chi connectivity index (χ0) is 11.0. The largest absolute Gasteiger partial charge is 0.371 e. The van der Waals surface area contributed by atoms with Gasteiger partial charge in [-0.2, -0.15) is 0 Å². The number of rotatable bonds is 3. The first-order chi connectivity index (χ1) is 7.86. The van der Waals surface area contributed by atoms with E-state index in [1.807, 2.05) is 11.3 Å². The normalized spacial score (nSPS) is 19.7. The van der Waals surface area contributed by atoms with E-state index in [9.17, 15) is 0 Å². The van der Waals surface area contributed by atoms with Crippen molar-refractivity contribution in [1.82, 2.24) is 10.2 Å². The highest BCUT2D eigenvalue weighted by Gasteiger charge is 2.24. The predicted octanol–water partition coefficient (Wildman–Crippen LogP) is 1.63. The van der Waals surface area contributed by atoms with Gasteiger partial charge in [-0.3, -0.25) is 9.89 Å². The van der Waals surface area contributed by atoms with E-state index in [2.05, 4.69) is 27.5 Å². The molecule has 2 aliphatic rings. The van der Waals surface area contributed by atoms with Crippen LogP contribution in [0.3, 0.4) is 0 Å². The molecule has 0 spiro atoms. The van der Waals surface area contributed by atoms with Gasteiger partial charge in [-0.1, -0.05) is 6.92 Å². The summed E-state index contributed by atoms with van der Waals surface area (Å²) >= 11 is 1.92. The third-order valence-corrected chi connectivity index (χ3v) is 4.50. The van der Waals surface area contributed by atoms with Crippen LogP contribution < -0.4 is 5.32 Å². The fourth-order valence-corrected chi connectivity index (χ4v) is 3.49. The maximum absolute atomic E-state index is 4.46. The van der Waals surface area contributed by atoms with E-state index in [1.54, 1.807) is 16.0 Å². The van der Waals surface area contributed by atoms with Crippen molar-refractivity contribution in [3.63, 3.8) is 0 Å². The number of thiophene rings is 1. The third kappa shape index (κ3) is 1.76. The second-order valence-electron chi connectivity index (χ2n) is 4.42. The van der Waals surface area contributed by atoms with Gasteiger partial charge in [0.2, 0.25) is 0 Å². The summed E-state index contributed by atoms with van der Waals surface area (Å²) in [6.07, 6.45) is 1.17. The van der Waals surface area contributed by atoms with Crippen LogP contribution >= 0.6 is 11.3 Å². The smallest absolute Gasteiger partial charge is 0.111 e. The summed E-state index contributed by atoms with van der Waals surface area (Å²) in [4.78, 5) is 8.50. The Balaban J connectivity index is 1.68. The molecule has 0 atom stereocenters. The highest BCUT2D eigenvalue weighted by Crippen LogP contribution is 2.31. The van der Waals surface area contributed by atoms with Crippen molar-refractivity contribution in [3.8, 4) is 0 Å². The van der Waals surface area contributed by atoms with E-state index in [-0.39, 0.29) is 0 Å². The molecule has 3 rings (SSSR count). The van der Waals surface area contributed by atoms with Gasteiger partial charge in [0.15, 0.2) is 0 Å². The standard InChI is InChI=1S/C12H17N3S/c1-2-11-10-6-15(5-9(10)8-16-11)7-12-13-3-4-14-12/h8H,2-7H2,1H3,(H,13,14). The monoisotopic (exact) mass is 235 g/mol. The molecule has 2 aliphatic heterocycles. The second kappa shape index (κ2) is 4.18. The summed E-state index contributed by atoms with van der Waals surface area (Å²) < 4.78 is 0. The van der Waals surface area contributed by atoms with Crippen LogP contribution in [0.25, 0.3) is 0 Å². The van der Waals surface area contributed by atoms with E-state index in [4.69, 9.17) is 0 Å². The van der Waals surface area contributed by atoms with Crippen molar-refractivity contribution >= 4 is 17.2 Å². The van der Waals surface area contributed by atoms with Gasteiger partial charge in [0, 0.05) is 24.5 Å². The summed E-state index contributed by atoms with van der Waals surface area (Å²) in [6, 6.07) is 0. The lowest BCUT2D eigenvalue weighted by molar-refractivity contribution is 0.324. The Morgan fingerprint density at radius 2 is 2.44 bits per heavy atom. The lowest BCUT2D eigenvalue weighted by atomic mass is 10.2. The molecule has 3 nitrogen and oxygen atoms in total. The van der Waals surface area contributed by atoms with E-state index in [0.29, 0.717) is 0 Å². The Hall–Kier alpha value is -0.870. The van der Waals surface area contributed by atoms with Gasteiger partial charge < -0.3 is 5.32 Å². The number of aliphatic imine (C=N–C) groups is 1. The molecule has 0 saturated heterocycles. The minimum absolute atomic E-state index is 0.949. The molecule has 0 aliphatic carbocycles. The fourth-order valence-electron chi connectivity index (χ4n) is 2.48. The van der Waals surface area contributed by atoms with Crippen molar-refractivity contribution in [3.05, 3.63) is 21.4 Å². The topological polar surface area (TPSA) is 27.6 Å². The van der Waals surface area contributed by atoms with E-state index < -0.39 is 0 Å². The van der Waals surface area contributed by atoms with Crippen LogP contribution in [0.1, 0.15) is 22.9 Å². The van der Waals surface area contributed by atoms with Gasteiger partial charge in [0.05, 0.1) is 13.1 Å². The summed E-state index contributed by atoms with van der Waals surface area (Å²) in [7, 11) is 0. The number of nitrogens with one attached hydrogen (secondary N) is 1. The van der Waals surface area contributed by atoms with Gasteiger partial charge in [-0.15, -0.1) is 11.3 Å². The molecule has 0 unspecified atom stereocenters. The third-order valence-electron chi connectivity index (χ3n) is 3.28. The van der Waals surface area contributed by atoms with Crippen molar-refractivity contribution in [1.29, 1.82) is 0 Å². The molecular weight excluding hydrogens is 218 g/mol. The van der Waals surface area contributed by atoms with Gasteiger partial charge in [-0.05, 0) is 22.9 Å². The molecule has 4 heteroatoms. The van der Waals surface area contributed by atoms with E-state index >= 15 is 0 Å². The Morgan fingerprint density at radius 1 is 1.50 bits per heavy atom. The number of aryl methyl sites for hydroxylation is 1. The van der Waals surface area contributed by atoms with E-state index in [1.165, 1.54) is 12.3 Å². The van der Waals surface area contributed by atoms with Crippen LogP contribution in [-0.2, 0) is 19.5 Å². The predicted molar refractivity (Wildman–Crippen MR) is 68.1 cm³/mol. The molecule has 0 fully saturated rings. The zero-order valence-corrected chi connectivity index (χ0v) is 10.4. The Labute approximate surface area is 100 Å². The van der Waals surface area contributed by atoms with Crippen molar-refractivity contribution < 1.29 is 0 Å².